The summed E-state index contributed by atoms with van der Waals surface area (Å²) in [5.74, 6) is -0.957. The minimum absolute atomic E-state index is 0.0438. The number of pyridine rings is 1. The van der Waals surface area contributed by atoms with Crippen molar-refractivity contribution in [2.45, 2.75) is 41.0 Å². The summed E-state index contributed by atoms with van der Waals surface area (Å²) < 4.78 is 6.82. The van der Waals surface area contributed by atoms with Gasteiger partial charge >= 0.3 is 5.97 Å². The smallest absolute Gasteiger partial charge is 0.355 e. The monoisotopic (exact) mass is 413 g/mol. The molecule has 0 aliphatic carbocycles. The number of ether oxygens (including phenoxy) is 1. The molecule has 0 unspecified atom stereocenters. The molecule has 0 aliphatic rings. The molecule has 0 bridgehead atoms. The Labute approximate surface area is 178 Å². The van der Waals surface area contributed by atoms with Gasteiger partial charge in [0.05, 0.1) is 13.2 Å². The number of carbonyl (C=O) groups excluding carboxylic acids is 3. The highest BCUT2D eigenvalue weighted by Gasteiger charge is 2.28. The molecule has 0 N–H and O–H groups in total. The molecule has 0 saturated carbocycles. The predicted octanol–water partition coefficient (Wildman–Crippen LogP) is 3.12. The normalized spacial score (nSPS) is 10.9. The van der Waals surface area contributed by atoms with Gasteiger partial charge < -0.3 is 14.2 Å². The van der Waals surface area contributed by atoms with Gasteiger partial charge in [-0.15, -0.1) is 0 Å². The van der Waals surface area contributed by atoms with Crippen molar-refractivity contribution in [1.82, 2.24) is 14.5 Å². The Morgan fingerprint density at radius 3 is 2.47 bits per heavy atom. The molecule has 1 amide bonds. The molecular formula is C23H31N3O4. The summed E-state index contributed by atoms with van der Waals surface area (Å²) in [6.45, 7) is 9.53. The Morgan fingerprint density at radius 1 is 1.20 bits per heavy atom. The van der Waals surface area contributed by atoms with Crippen LogP contribution < -0.4 is 0 Å². The van der Waals surface area contributed by atoms with E-state index in [-0.39, 0.29) is 30.8 Å². The van der Waals surface area contributed by atoms with E-state index in [9.17, 15) is 14.4 Å². The summed E-state index contributed by atoms with van der Waals surface area (Å²) in [4.78, 5) is 44.1. The Morgan fingerprint density at radius 2 is 1.90 bits per heavy atom. The van der Waals surface area contributed by atoms with Crippen molar-refractivity contribution in [3.05, 3.63) is 52.6 Å². The number of carbonyl (C=O) groups is 3. The SMILES string of the molecule is CCOC(=O)c1c(C)c(C(=O)CN(CCc2ccccn2)C(=O)C(C)C)c(C)n1C. The lowest BCUT2D eigenvalue weighted by molar-refractivity contribution is -0.134. The van der Waals surface area contributed by atoms with Gasteiger partial charge in [0, 0.05) is 49.1 Å². The van der Waals surface area contributed by atoms with Gasteiger partial charge in [-0.3, -0.25) is 14.6 Å². The zero-order chi connectivity index (χ0) is 22.4. The van der Waals surface area contributed by atoms with Crippen LogP contribution >= 0.6 is 0 Å². The largest absolute Gasteiger partial charge is 0.461 e. The lowest BCUT2D eigenvalue weighted by Gasteiger charge is -2.24. The maximum atomic E-state index is 13.2. The number of nitrogens with zero attached hydrogens (tertiary/aromatic N) is 3. The van der Waals surface area contributed by atoms with Gasteiger partial charge in [0.2, 0.25) is 5.91 Å². The second-order valence-electron chi connectivity index (χ2n) is 7.62. The summed E-state index contributed by atoms with van der Waals surface area (Å²) >= 11 is 0. The first-order valence-corrected chi connectivity index (χ1v) is 10.2. The number of hydrogen-bond acceptors (Lipinski definition) is 5. The molecule has 0 aliphatic heterocycles. The van der Waals surface area contributed by atoms with Crippen LogP contribution in [0.5, 0.6) is 0 Å². The van der Waals surface area contributed by atoms with Crippen LogP contribution in [-0.2, 0) is 23.0 Å². The van der Waals surface area contributed by atoms with E-state index in [0.717, 1.165) is 5.69 Å². The number of ketones is 1. The number of Topliss-reactive ketones (excluding diaryl/α,β-unsaturated/α-hetero) is 1. The fourth-order valence-electron chi connectivity index (χ4n) is 3.56. The number of amides is 1. The van der Waals surface area contributed by atoms with Gasteiger partial charge in [-0.25, -0.2) is 4.79 Å². The van der Waals surface area contributed by atoms with E-state index in [4.69, 9.17) is 4.74 Å². The minimum Gasteiger partial charge on any atom is -0.461 e. The first kappa shape index (κ1) is 23.3. The molecule has 30 heavy (non-hydrogen) atoms. The second kappa shape index (κ2) is 10.2. The van der Waals surface area contributed by atoms with E-state index in [2.05, 4.69) is 4.98 Å². The maximum absolute atomic E-state index is 13.2. The third-order valence-electron chi connectivity index (χ3n) is 5.18. The van der Waals surface area contributed by atoms with E-state index < -0.39 is 5.97 Å². The first-order valence-electron chi connectivity index (χ1n) is 10.2. The summed E-state index contributed by atoms with van der Waals surface area (Å²) in [6, 6.07) is 5.64. The predicted molar refractivity (Wildman–Crippen MR) is 115 cm³/mol. The van der Waals surface area contributed by atoms with Crippen molar-refractivity contribution in [3.63, 3.8) is 0 Å². The van der Waals surface area contributed by atoms with Gasteiger partial charge in [0.25, 0.3) is 0 Å². The fraction of sp³-hybridized carbons (Fsp3) is 0.478. The van der Waals surface area contributed by atoms with Crippen LogP contribution in [0.1, 0.15) is 58.6 Å². The molecule has 2 heterocycles. The van der Waals surface area contributed by atoms with Gasteiger partial charge in [0.1, 0.15) is 5.69 Å². The zero-order valence-electron chi connectivity index (χ0n) is 18.7. The topological polar surface area (TPSA) is 81.5 Å². The molecule has 0 saturated heterocycles. The summed E-state index contributed by atoms with van der Waals surface area (Å²) in [7, 11) is 1.74. The first-order chi connectivity index (χ1) is 14.2. The van der Waals surface area contributed by atoms with Crippen LogP contribution in [0.25, 0.3) is 0 Å². The second-order valence-corrected chi connectivity index (χ2v) is 7.62. The number of hydrogen-bond donors (Lipinski definition) is 0. The minimum atomic E-state index is -0.454. The van der Waals surface area contributed by atoms with E-state index in [0.29, 0.717) is 35.5 Å². The highest BCUT2D eigenvalue weighted by atomic mass is 16.5. The molecule has 0 atom stereocenters. The van der Waals surface area contributed by atoms with Crippen molar-refractivity contribution >= 4 is 17.7 Å². The Bertz CT molecular complexity index is 916. The van der Waals surface area contributed by atoms with Crippen LogP contribution in [0.3, 0.4) is 0 Å². The lowest BCUT2D eigenvalue weighted by atomic mass is 10.0. The van der Waals surface area contributed by atoms with Gasteiger partial charge in [-0.2, -0.15) is 0 Å². The molecule has 2 rings (SSSR count). The molecule has 7 heteroatoms. The fourth-order valence-corrected chi connectivity index (χ4v) is 3.56. The molecule has 2 aromatic rings. The Kier molecular flexibility index (Phi) is 7.92. The number of aromatic nitrogens is 2. The lowest BCUT2D eigenvalue weighted by Crippen LogP contribution is -2.40. The Hall–Kier alpha value is -2.96. The molecule has 0 radical (unpaired) electrons. The molecule has 0 aromatic carbocycles. The van der Waals surface area contributed by atoms with Crippen molar-refractivity contribution in [2.24, 2.45) is 13.0 Å². The van der Waals surface area contributed by atoms with E-state index in [1.807, 2.05) is 32.0 Å². The highest BCUT2D eigenvalue weighted by molar-refractivity contribution is 6.04. The van der Waals surface area contributed by atoms with Crippen LogP contribution in [0.2, 0.25) is 0 Å². The number of rotatable bonds is 9. The highest BCUT2D eigenvalue weighted by Crippen LogP contribution is 2.23. The van der Waals surface area contributed by atoms with E-state index >= 15 is 0 Å². The quantitative estimate of drug-likeness (QED) is 0.466. The molecule has 7 nitrogen and oxygen atoms in total. The average molecular weight is 414 g/mol. The summed E-state index contributed by atoms with van der Waals surface area (Å²) in [5, 5.41) is 0. The number of esters is 1. The van der Waals surface area contributed by atoms with Gasteiger partial charge in [0.15, 0.2) is 5.78 Å². The molecule has 2 aromatic heterocycles. The van der Waals surface area contributed by atoms with Crippen LogP contribution in [0.4, 0.5) is 0 Å². The Balaban J connectivity index is 2.27. The molecule has 0 fully saturated rings. The van der Waals surface area contributed by atoms with Crippen molar-refractivity contribution < 1.29 is 19.1 Å². The van der Waals surface area contributed by atoms with Crippen molar-refractivity contribution in [2.75, 3.05) is 19.7 Å². The summed E-state index contributed by atoms with van der Waals surface area (Å²) in [6.07, 6.45) is 2.27. The molecule has 0 spiro atoms. The zero-order valence-corrected chi connectivity index (χ0v) is 18.7. The average Bonchev–Trinajstić information content (AvgIpc) is 2.93. The third kappa shape index (κ3) is 5.14. The van der Waals surface area contributed by atoms with Crippen molar-refractivity contribution in [3.8, 4) is 0 Å². The van der Waals surface area contributed by atoms with Crippen LogP contribution in [0.15, 0.2) is 24.4 Å². The van der Waals surface area contributed by atoms with Crippen LogP contribution in [-0.4, -0.2) is 51.8 Å². The van der Waals surface area contributed by atoms with Crippen LogP contribution in [0, 0.1) is 19.8 Å². The third-order valence-corrected chi connectivity index (χ3v) is 5.18. The summed E-state index contributed by atoms with van der Waals surface area (Å²) in [5.41, 5.74) is 2.97. The van der Waals surface area contributed by atoms with Gasteiger partial charge in [-0.1, -0.05) is 19.9 Å². The molecular weight excluding hydrogens is 382 g/mol. The molecule has 162 valence electrons. The van der Waals surface area contributed by atoms with Crippen molar-refractivity contribution in [1.29, 1.82) is 0 Å². The maximum Gasteiger partial charge on any atom is 0.355 e. The van der Waals surface area contributed by atoms with E-state index in [1.165, 1.54) is 0 Å². The van der Waals surface area contributed by atoms with E-state index in [1.54, 1.807) is 43.5 Å². The van der Waals surface area contributed by atoms with Gasteiger partial charge in [-0.05, 0) is 38.5 Å². The standard InChI is InChI=1S/C23H31N3O4/c1-7-30-23(29)21-16(4)20(17(5)25(21)6)19(27)14-26(22(28)15(2)3)13-11-18-10-8-9-12-24-18/h8-10,12,15H,7,11,13-14H2,1-6H3.